The van der Waals surface area contributed by atoms with Gasteiger partial charge in [-0.3, -0.25) is 14.4 Å². The van der Waals surface area contributed by atoms with Crippen molar-refractivity contribution < 1.29 is 4.79 Å². The third kappa shape index (κ3) is 4.61. The van der Waals surface area contributed by atoms with Gasteiger partial charge in [-0.2, -0.15) is 10.4 Å². The molecule has 3 heterocycles. The minimum atomic E-state index is 0.0313. The van der Waals surface area contributed by atoms with E-state index in [-0.39, 0.29) is 17.9 Å². The van der Waals surface area contributed by atoms with Gasteiger partial charge in [0, 0.05) is 37.1 Å². The van der Waals surface area contributed by atoms with Gasteiger partial charge in [-0.25, -0.2) is 0 Å². The average molecular weight is 530 g/mol. The second-order valence-electron chi connectivity index (χ2n) is 11.2. The number of nitrogens with zero attached hydrogens (tertiary/aromatic N) is 5. The third-order valence-electron chi connectivity index (χ3n) is 8.97. The Morgan fingerprint density at radius 2 is 1.73 bits per heavy atom. The van der Waals surface area contributed by atoms with E-state index in [9.17, 15) is 10.1 Å². The number of aryl methyl sites for hydroxylation is 1. The van der Waals surface area contributed by atoms with E-state index in [1.54, 1.807) is 9.58 Å². The summed E-state index contributed by atoms with van der Waals surface area (Å²) in [5.74, 6) is 0.798. The number of carbonyl (C=O) groups excluding carboxylic acids is 1. The van der Waals surface area contributed by atoms with Crippen LogP contribution in [0, 0.1) is 17.2 Å². The van der Waals surface area contributed by atoms with Gasteiger partial charge in [-0.1, -0.05) is 55.5 Å². The molecular formula is C34H35N5O. The first-order chi connectivity index (χ1) is 19.5. The van der Waals surface area contributed by atoms with Crippen LogP contribution in [-0.2, 0) is 7.05 Å². The Labute approximate surface area is 236 Å². The maximum atomic E-state index is 13.4. The topological polar surface area (TPSA) is 65.2 Å². The molecule has 1 amide bonds. The van der Waals surface area contributed by atoms with Gasteiger partial charge in [0.1, 0.15) is 0 Å². The van der Waals surface area contributed by atoms with E-state index >= 15 is 0 Å². The number of nitriles is 1. The third-order valence-corrected chi connectivity index (χ3v) is 8.97. The Kier molecular flexibility index (Phi) is 7.00. The molecule has 1 fully saturated rings. The normalized spacial score (nSPS) is 20.1. The number of amides is 1. The summed E-state index contributed by atoms with van der Waals surface area (Å²) in [6.45, 7) is 4.19. The first-order valence-corrected chi connectivity index (χ1v) is 14.2. The number of para-hydroxylation sites is 1. The Balaban J connectivity index is 1.28. The van der Waals surface area contributed by atoms with Crippen molar-refractivity contribution >= 4 is 11.6 Å². The average Bonchev–Trinajstić information content (AvgIpc) is 3.24. The number of hydrogen-bond acceptors (Lipinski definition) is 4. The molecular weight excluding hydrogens is 494 g/mol. The van der Waals surface area contributed by atoms with Gasteiger partial charge in [0.25, 0.3) is 5.91 Å². The first-order valence-electron chi connectivity index (χ1n) is 14.2. The largest absolute Gasteiger partial charge is 0.311 e. The molecule has 0 spiro atoms. The zero-order chi connectivity index (χ0) is 27.8. The molecule has 0 radical (unpaired) electrons. The summed E-state index contributed by atoms with van der Waals surface area (Å²) >= 11 is 0. The highest BCUT2D eigenvalue weighted by atomic mass is 16.2. The van der Waals surface area contributed by atoms with E-state index in [4.69, 9.17) is 0 Å². The lowest BCUT2D eigenvalue weighted by molar-refractivity contribution is 0.0992. The molecule has 0 saturated carbocycles. The van der Waals surface area contributed by atoms with Crippen molar-refractivity contribution in [2.75, 3.05) is 25.0 Å². The number of benzene rings is 3. The molecule has 2 aliphatic heterocycles. The van der Waals surface area contributed by atoms with Gasteiger partial charge >= 0.3 is 0 Å². The molecule has 202 valence electrons. The standard InChI is InChI=1S/C34H35N5O/c1-23(28-15-14-25(19-26(28)20-35)27-21-36-37(2)22-27)24-9-8-17-39(18-16-24)33-29-10-4-5-11-30(29)34(40)38(3)32-13-7-6-12-31(32)33/h4-7,10-15,19,21-24,33H,8-9,16-18H2,1-3H3. The molecule has 2 aliphatic rings. The monoisotopic (exact) mass is 529 g/mol. The predicted octanol–water partition coefficient (Wildman–Crippen LogP) is 6.54. The smallest absolute Gasteiger partial charge is 0.258 e. The van der Waals surface area contributed by atoms with Gasteiger partial charge < -0.3 is 4.90 Å². The Hall–Kier alpha value is -4.21. The lowest BCUT2D eigenvalue weighted by Gasteiger charge is -2.32. The predicted molar refractivity (Wildman–Crippen MR) is 158 cm³/mol. The molecule has 1 aromatic heterocycles. The first kappa shape index (κ1) is 26.0. The molecule has 3 atom stereocenters. The summed E-state index contributed by atoms with van der Waals surface area (Å²) in [6.07, 6.45) is 7.06. The van der Waals surface area contributed by atoms with Crippen LogP contribution in [0.25, 0.3) is 11.1 Å². The Morgan fingerprint density at radius 3 is 2.50 bits per heavy atom. The van der Waals surface area contributed by atoms with Crippen molar-refractivity contribution in [2.24, 2.45) is 13.0 Å². The highest BCUT2D eigenvalue weighted by Crippen LogP contribution is 2.42. The van der Waals surface area contributed by atoms with Gasteiger partial charge in [0.15, 0.2) is 0 Å². The van der Waals surface area contributed by atoms with Crippen LogP contribution in [0.2, 0.25) is 0 Å². The number of anilines is 1. The van der Waals surface area contributed by atoms with Crippen LogP contribution in [0.3, 0.4) is 0 Å². The second kappa shape index (κ2) is 10.7. The fourth-order valence-corrected chi connectivity index (χ4v) is 6.76. The van der Waals surface area contributed by atoms with Gasteiger partial charge in [-0.05, 0) is 84.6 Å². The van der Waals surface area contributed by atoms with Crippen LogP contribution in [0.5, 0.6) is 0 Å². The summed E-state index contributed by atoms with van der Waals surface area (Å²) in [5.41, 5.74) is 7.98. The van der Waals surface area contributed by atoms with Crippen molar-refractivity contribution in [3.05, 3.63) is 107 Å². The van der Waals surface area contributed by atoms with E-state index in [0.717, 1.165) is 71.4 Å². The second-order valence-corrected chi connectivity index (χ2v) is 11.2. The van der Waals surface area contributed by atoms with Crippen LogP contribution in [0.1, 0.15) is 70.8 Å². The van der Waals surface area contributed by atoms with Gasteiger partial charge in [-0.15, -0.1) is 0 Å². The fourth-order valence-electron chi connectivity index (χ4n) is 6.76. The lowest BCUT2D eigenvalue weighted by Crippen LogP contribution is -2.31. The number of fused-ring (bicyclic) bond motifs is 2. The van der Waals surface area contributed by atoms with Crippen LogP contribution >= 0.6 is 0 Å². The molecule has 1 saturated heterocycles. The lowest BCUT2D eigenvalue weighted by atomic mass is 9.80. The number of aromatic nitrogens is 2. The van der Waals surface area contributed by atoms with Gasteiger partial charge in [0.2, 0.25) is 0 Å². The summed E-state index contributed by atoms with van der Waals surface area (Å²) in [4.78, 5) is 17.8. The minimum Gasteiger partial charge on any atom is -0.311 e. The summed E-state index contributed by atoms with van der Waals surface area (Å²) in [7, 11) is 3.79. The molecule has 6 rings (SSSR count). The van der Waals surface area contributed by atoms with Gasteiger partial charge in [0.05, 0.1) is 23.9 Å². The van der Waals surface area contributed by atoms with E-state index in [0.29, 0.717) is 5.92 Å². The van der Waals surface area contributed by atoms with Crippen molar-refractivity contribution in [1.29, 1.82) is 5.26 Å². The molecule has 0 bridgehead atoms. The van der Waals surface area contributed by atoms with Crippen molar-refractivity contribution in [3.8, 4) is 17.2 Å². The number of hydrogen-bond donors (Lipinski definition) is 0. The number of rotatable bonds is 4. The van der Waals surface area contributed by atoms with Crippen molar-refractivity contribution in [2.45, 2.75) is 38.1 Å². The summed E-state index contributed by atoms with van der Waals surface area (Å²) in [5, 5.41) is 14.3. The highest BCUT2D eigenvalue weighted by molar-refractivity contribution is 6.08. The zero-order valence-electron chi connectivity index (χ0n) is 23.4. The van der Waals surface area contributed by atoms with Crippen LogP contribution in [0.4, 0.5) is 5.69 Å². The summed E-state index contributed by atoms with van der Waals surface area (Å²) in [6, 6.07) is 25.2. The SMILES string of the molecule is CC(c1ccc(-c2cnn(C)c2)cc1C#N)C1CCCN(C2c3ccccc3C(=O)N(C)c3ccccc32)CC1. The van der Waals surface area contributed by atoms with Crippen molar-refractivity contribution in [1.82, 2.24) is 14.7 Å². The maximum absolute atomic E-state index is 13.4. The molecule has 40 heavy (non-hydrogen) atoms. The maximum Gasteiger partial charge on any atom is 0.258 e. The molecule has 3 unspecified atom stereocenters. The van der Waals surface area contributed by atoms with E-state index < -0.39 is 0 Å². The minimum absolute atomic E-state index is 0.0313. The fraction of sp³-hybridized carbons (Fsp3) is 0.324. The van der Waals surface area contributed by atoms with E-state index in [2.05, 4.69) is 59.4 Å². The zero-order valence-corrected chi connectivity index (χ0v) is 23.4. The molecule has 0 N–H and O–H groups in total. The number of likely N-dealkylation sites (tertiary alicyclic amines) is 1. The van der Waals surface area contributed by atoms with E-state index in [1.165, 1.54) is 5.56 Å². The Bertz CT molecular complexity index is 1600. The van der Waals surface area contributed by atoms with Crippen LogP contribution < -0.4 is 4.90 Å². The highest BCUT2D eigenvalue weighted by Gasteiger charge is 2.35. The van der Waals surface area contributed by atoms with Crippen molar-refractivity contribution in [3.63, 3.8) is 0 Å². The Morgan fingerprint density at radius 1 is 0.950 bits per heavy atom. The molecule has 4 aromatic rings. The quantitative estimate of drug-likeness (QED) is 0.301. The van der Waals surface area contributed by atoms with Crippen LogP contribution in [0.15, 0.2) is 79.1 Å². The number of carbonyl (C=O) groups is 1. The molecule has 3 aromatic carbocycles. The van der Waals surface area contributed by atoms with Crippen LogP contribution in [-0.4, -0.2) is 40.7 Å². The molecule has 0 aliphatic carbocycles. The molecule has 6 nitrogen and oxygen atoms in total. The summed E-state index contributed by atoms with van der Waals surface area (Å²) < 4.78 is 1.79. The van der Waals surface area contributed by atoms with E-state index in [1.807, 2.05) is 56.8 Å². The molecule has 6 heteroatoms.